The number of benzene rings is 2. The molecule has 0 N–H and O–H groups in total. The molecule has 0 radical (unpaired) electrons. The van der Waals surface area contributed by atoms with Crippen LogP contribution in [0.25, 0.3) is 0 Å². The number of aromatic nitrogens is 1. The van der Waals surface area contributed by atoms with Crippen molar-refractivity contribution in [1.29, 1.82) is 0 Å². The maximum absolute atomic E-state index is 13.1. The minimum absolute atomic E-state index is 0.667. The summed E-state index contributed by atoms with van der Waals surface area (Å²) in [6.45, 7) is 7.04. The molecule has 0 amide bonds. The largest absolute Gasteiger partial charge is 0.338 e. The second-order valence-corrected chi connectivity index (χ2v) is 9.04. The van der Waals surface area contributed by atoms with Crippen LogP contribution in [0.15, 0.2) is 70.7 Å². The number of aryl methyl sites for hydroxylation is 1. The van der Waals surface area contributed by atoms with Crippen molar-refractivity contribution in [1.82, 2.24) is 9.88 Å². The summed E-state index contributed by atoms with van der Waals surface area (Å²) in [7, 11) is 0.930. The lowest BCUT2D eigenvalue weighted by Crippen LogP contribution is -2.29. The van der Waals surface area contributed by atoms with E-state index < -0.39 is 10.8 Å². The normalized spacial score (nSPS) is 15.3. The number of fused-ring (bicyclic) bond motifs is 2. The first-order valence-corrected chi connectivity index (χ1v) is 11.2. The molecule has 0 spiro atoms. The Morgan fingerprint density at radius 3 is 2.62 bits per heavy atom. The fraction of sp³-hybridized carbons (Fsp3) is 0.292. The molecule has 1 unspecified atom stereocenters. The molecular weight excluding hydrogens is 378 g/mol. The summed E-state index contributed by atoms with van der Waals surface area (Å²) in [6.07, 6.45) is 2.74. The van der Waals surface area contributed by atoms with Crippen molar-refractivity contribution in [2.45, 2.75) is 36.7 Å². The number of nitrogens with zero attached hydrogens (tertiary/aromatic N) is 3. The predicted molar refractivity (Wildman–Crippen MR) is 119 cm³/mol. The number of pyridine rings is 1. The molecule has 3 aromatic rings. The summed E-state index contributed by atoms with van der Waals surface area (Å²) in [4.78, 5) is 9.99. The molecule has 0 saturated carbocycles. The first-order valence-electron chi connectivity index (χ1n) is 10.0. The first-order chi connectivity index (χ1) is 14.1. The molecule has 150 valence electrons. The van der Waals surface area contributed by atoms with Crippen molar-refractivity contribution in [3.05, 3.63) is 77.5 Å². The van der Waals surface area contributed by atoms with Gasteiger partial charge in [0.15, 0.2) is 5.03 Å². The first kappa shape index (κ1) is 19.8. The van der Waals surface area contributed by atoms with Gasteiger partial charge in [0.1, 0.15) is 10.8 Å². The van der Waals surface area contributed by atoms with E-state index in [9.17, 15) is 4.21 Å². The Hall–Kier alpha value is -2.50. The maximum Gasteiger partial charge on any atom is 0.155 e. The van der Waals surface area contributed by atoms with E-state index in [-0.39, 0.29) is 0 Å². The molecule has 4 rings (SSSR count). The molecule has 4 nitrogen and oxygen atoms in total. The lowest BCUT2D eigenvalue weighted by Gasteiger charge is -2.34. The van der Waals surface area contributed by atoms with Gasteiger partial charge in [-0.25, -0.2) is 9.19 Å². The summed E-state index contributed by atoms with van der Waals surface area (Å²) in [5.41, 5.74) is 5.81. The van der Waals surface area contributed by atoms with Gasteiger partial charge in [-0.05, 0) is 68.8 Å². The van der Waals surface area contributed by atoms with Crippen LogP contribution in [0.4, 0.5) is 11.4 Å². The highest BCUT2D eigenvalue weighted by Gasteiger charge is 2.30. The molecule has 0 bridgehead atoms. The quantitative estimate of drug-likeness (QED) is 0.588. The van der Waals surface area contributed by atoms with Gasteiger partial charge in [-0.3, -0.25) is 0 Å². The summed E-state index contributed by atoms with van der Waals surface area (Å²) < 4.78 is 13.1. The third kappa shape index (κ3) is 3.98. The van der Waals surface area contributed by atoms with Crippen molar-refractivity contribution >= 4 is 22.2 Å². The van der Waals surface area contributed by atoms with E-state index in [1.54, 1.807) is 6.20 Å². The van der Waals surface area contributed by atoms with Crippen LogP contribution < -0.4 is 4.90 Å². The smallest absolute Gasteiger partial charge is 0.155 e. The average Bonchev–Trinajstić information content (AvgIpc) is 2.73. The maximum atomic E-state index is 13.1. The fourth-order valence-electron chi connectivity index (χ4n) is 3.92. The third-order valence-electron chi connectivity index (χ3n) is 5.57. The average molecular weight is 406 g/mol. The molecule has 2 aromatic carbocycles. The lowest BCUT2D eigenvalue weighted by atomic mass is 10.1. The molecule has 2 heterocycles. The van der Waals surface area contributed by atoms with Crippen LogP contribution in [0, 0.1) is 13.8 Å². The topological polar surface area (TPSA) is 36.4 Å². The standard InChI is InChI=1S/C24H27N3OS/c1-18-12-13-22-23(19(18)2)27(21-11-7-14-25-24(21)29(22)28)16-8-15-26(3)17-20-9-5-4-6-10-20/h4-7,9-14H,8,15-17H2,1-3H3. The van der Waals surface area contributed by atoms with E-state index in [2.05, 4.69) is 72.1 Å². The zero-order chi connectivity index (χ0) is 20.4. The van der Waals surface area contributed by atoms with Crippen LogP contribution in [-0.4, -0.2) is 34.2 Å². The van der Waals surface area contributed by atoms with Gasteiger partial charge in [0.05, 0.1) is 16.3 Å². The van der Waals surface area contributed by atoms with E-state index in [0.717, 1.165) is 42.3 Å². The van der Waals surface area contributed by atoms with Crippen molar-refractivity contribution in [2.24, 2.45) is 0 Å². The van der Waals surface area contributed by atoms with Gasteiger partial charge in [-0.15, -0.1) is 0 Å². The predicted octanol–water partition coefficient (Wildman–Crippen LogP) is 4.84. The van der Waals surface area contributed by atoms with Crippen molar-refractivity contribution in [3.63, 3.8) is 0 Å². The molecule has 5 heteroatoms. The van der Waals surface area contributed by atoms with Crippen LogP contribution in [-0.2, 0) is 17.3 Å². The number of anilines is 2. The Labute approximate surface area is 175 Å². The van der Waals surface area contributed by atoms with Gasteiger partial charge < -0.3 is 9.80 Å². The monoisotopic (exact) mass is 405 g/mol. The van der Waals surface area contributed by atoms with Crippen molar-refractivity contribution < 1.29 is 4.21 Å². The van der Waals surface area contributed by atoms with Crippen LogP contribution in [0.5, 0.6) is 0 Å². The Morgan fingerprint density at radius 2 is 1.83 bits per heavy atom. The van der Waals surface area contributed by atoms with E-state index >= 15 is 0 Å². The van der Waals surface area contributed by atoms with Gasteiger partial charge in [0, 0.05) is 19.3 Å². The van der Waals surface area contributed by atoms with Gasteiger partial charge in [-0.1, -0.05) is 36.4 Å². The Kier molecular flexibility index (Phi) is 5.79. The zero-order valence-electron chi connectivity index (χ0n) is 17.3. The van der Waals surface area contributed by atoms with Gasteiger partial charge in [0.2, 0.25) is 0 Å². The van der Waals surface area contributed by atoms with E-state index in [1.165, 1.54) is 16.7 Å². The minimum Gasteiger partial charge on any atom is -0.338 e. The molecule has 0 aliphatic carbocycles. The molecule has 1 aliphatic rings. The highest BCUT2D eigenvalue weighted by Crippen LogP contribution is 2.43. The summed E-state index contributed by atoms with van der Waals surface area (Å²) >= 11 is 0. The van der Waals surface area contributed by atoms with Crippen molar-refractivity contribution in [3.8, 4) is 0 Å². The second kappa shape index (κ2) is 8.47. The van der Waals surface area contributed by atoms with E-state index in [0.29, 0.717) is 5.03 Å². The molecule has 0 fully saturated rings. The minimum atomic E-state index is -1.23. The molecule has 0 saturated heterocycles. The van der Waals surface area contributed by atoms with Gasteiger partial charge in [-0.2, -0.15) is 0 Å². The van der Waals surface area contributed by atoms with E-state index in [1.807, 2.05) is 18.2 Å². The molecule has 29 heavy (non-hydrogen) atoms. The number of rotatable bonds is 6. The molecular formula is C24H27N3OS. The van der Waals surface area contributed by atoms with Gasteiger partial charge in [0.25, 0.3) is 0 Å². The van der Waals surface area contributed by atoms with Crippen LogP contribution in [0.3, 0.4) is 0 Å². The highest BCUT2D eigenvalue weighted by molar-refractivity contribution is 7.85. The molecule has 1 aromatic heterocycles. The Bertz CT molecular complexity index is 1040. The summed E-state index contributed by atoms with van der Waals surface area (Å²) in [5, 5.41) is 0.667. The Balaban J connectivity index is 1.55. The third-order valence-corrected chi connectivity index (χ3v) is 6.96. The van der Waals surface area contributed by atoms with Crippen LogP contribution in [0.2, 0.25) is 0 Å². The Morgan fingerprint density at radius 1 is 1.03 bits per heavy atom. The zero-order valence-corrected chi connectivity index (χ0v) is 18.1. The lowest BCUT2D eigenvalue weighted by molar-refractivity contribution is 0.324. The number of hydrogen-bond donors (Lipinski definition) is 0. The van der Waals surface area contributed by atoms with E-state index in [4.69, 9.17) is 0 Å². The summed E-state index contributed by atoms with van der Waals surface area (Å²) in [6, 6.07) is 18.6. The highest BCUT2D eigenvalue weighted by atomic mass is 32.2. The van der Waals surface area contributed by atoms with Crippen molar-refractivity contribution in [2.75, 3.05) is 25.0 Å². The number of hydrogen-bond acceptors (Lipinski definition) is 4. The summed E-state index contributed by atoms with van der Waals surface area (Å²) in [5.74, 6) is 0. The van der Waals surface area contributed by atoms with Gasteiger partial charge >= 0.3 is 0 Å². The second-order valence-electron chi connectivity index (χ2n) is 7.68. The molecule has 1 aliphatic heterocycles. The molecule has 1 atom stereocenters. The fourth-order valence-corrected chi connectivity index (χ4v) is 5.29. The SMILES string of the molecule is Cc1ccc2c(c1C)N(CCCN(C)Cc1ccccc1)c1cccnc1S2=O. The van der Waals surface area contributed by atoms with Crippen LogP contribution >= 0.6 is 0 Å². The van der Waals surface area contributed by atoms with Crippen LogP contribution in [0.1, 0.15) is 23.1 Å².